The van der Waals surface area contributed by atoms with Crippen molar-refractivity contribution in [3.8, 4) is 0 Å². The van der Waals surface area contributed by atoms with Gasteiger partial charge in [0, 0.05) is 13.6 Å². The molecular weight excluding hydrogens is 146 g/mol. The molecule has 1 aliphatic rings. The van der Waals surface area contributed by atoms with E-state index in [-0.39, 0.29) is 0 Å². The van der Waals surface area contributed by atoms with Gasteiger partial charge < -0.3 is 4.90 Å². The van der Waals surface area contributed by atoms with Crippen LogP contribution in [-0.4, -0.2) is 11.9 Å². The standard InChI is InChI=1S/C11H13N/c1-12-8-4-7-10-5-2-3-6-11(10)9-12/h2-6,8H,7,9H2,1H3. The SMILES string of the molecule is CN1C=CCc2ccccc2C1. The largest absolute Gasteiger partial charge is 0.376 e. The first kappa shape index (κ1) is 7.41. The minimum Gasteiger partial charge on any atom is -0.376 e. The average Bonchev–Trinajstić information content (AvgIpc) is 2.25. The van der Waals surface area contributed by atoms with Gasteiger partial charge in [0.2, 0.25) is 0 Å². The first-order chi connectivity index (χ1) is 5.86. The fourth-order valence-electron chi connectivity index (χ4n) is 1.59. The molecule has 0 aliphatic carbocycles. The molecule has 62 valence electrons. The van der Waals surface area contributed by atoms with Crippen LogP contribution in [0.1, 0.15) is 11.1 Å². The van der Waals surface area contributed by atoms with Crippen LogP contribution in [0.3, 0.4) is 0 Å². The zero-order chi connectivity index (χ0) is 8.39. The predicted octanol–water partition coefficient (Wildman–Crippen LogP) is 2.19. The van der Waals surface area contributed by atoms with E-state index in [2.05, 4.69) is 48.5 Å². The van der Waals surface area contributed by atoms with Crippen molar-refractivity contribution >= 4 is 0 Å². The number of benzene rings is 1. The van der Waals surface area contributed by atoms with Crippen molar-refractivity contribution in [3.63, 3.8) is 0 Å². The van der Waals surface area contributed by atoms with E-state index in [9.17, 15) is 0 Å². The van der Waals surface area contributed by atoms with E-state index in [1.165, 1.54) is 11.1 Å². The molecule has 1 aliphatic heterocycles. The quantitative estimate of drug-likeness (QED) is 0.561. The van der Waals surface area contributed by atoms with E-state index in [4.69, 9.17) is 0 Å². The Bertz CT molecular complexity index is 302. The Morgan fingerprint density at radius 1 is 1.17 bits per heavy atom. The van der Waals surface area contributed by atoms with Crippen LogP contribution in [-0.2, 0) is 13.0 Å². The number of fused-ring (bicyclic) bond motifs is 1. The van der Waals surface area contributed by atoms with Gasteiger partial charge in [-0.1, -0.05) is 30.3 Å². The van der Waals surface area contributed by atoms with E-state index < -0.39 is 0 Å². The summed E-state index contributed by atoms with van der Waals surface area (Å²) in [5.74, 6) is 0. The van der Waals surface area contributed by atoms with Crippen molar-refractivity contribution in [1.82, 2.24) is 4.90 Å². The zero-order valence-corrected chi connectivity index (χ0v) is 7.33. The van der Waals surface area contributed by atoms with E-state index in [0.717, 1.165) is 13.0 Å². The molecule has 0 spiro atoms. The summed E-state index contributed by atoms with van der Waals surface area (Å²) >= 11 is 0. The van der Waals surface area contributed by atoms with Crippen LogP contribution in [0.4, 0.5) is 0 Å². The summed E-state index contributed by atoms with van der Waals surface area (Å²) < 4.78 is 0. The summed E-state index contributed by atoms with van der Waals surface area (Å²) in [4.78, 5) is 2.21. The number of hydrogen-bond donors (Lipinski definition) is 0. The van der Waals surface area contributed by atoms with Gasteiger partial charge in [-0.3, -0.25) is 0 Å². The summed E-state index contributed by atoms with van der Waals surface area (Å²) in [7, 11) is 2.11. The maximum atomic E-state index is 2.21. The highest BCUT2D eigenvalue weighted by molar-refractivity contribution is 5.30. The first-order valence-corrected chi connectivity index (χ1v) is 4.30. The molecule has 0 aromatic heterocycles. The molecule has 0 amide bonds. The molecule has 0 radical (unpaired) electrons. The molecule has 0 unspecified atom stereocenters. The lowest BCUT2D eigenvalue weighted by Crippen LogP contribution is -2.08. The summed E-state index contributed by atoms with van der Waals surface area (Å²) in [5, 5.41) is 0. The molecule has 0 fully saturated rings. The lowest BCUT2D eigenvalue weighted by Gasteiger charge is -2.12. The molecular formula is C11H13N. The van der Waals surface area contributed by atoms with Crippen LogP contribution in [0, 0.1) is 0 Å². The molecule has 0 bridgehead atoms. The Balaban J connectivity index is 2.38. The summed E-state index contributed by atoms with van der Waals surface area (Å²) in [6, 6.07) is 8.63. The molecule has 1 heterocycles. The molecule has 12 heavy (non-hydrogen) atoms. The fraction of sp³-hybridized carbons (Fsp3) is 0.273. The number of rotatable bonds is 0. The second-order valence-electron chi connectivity index (χ2n) is 3.27. The smallest absolute Gasteiger partial charge is 0.0423 e. The van der Waals surface area contributed by atoms with Gasteiger partial charge in [-0.15, -0.1) is 0 Å². The van der Waals surface area contributed by atoms with E-state index >= 15 is 0 Å². The van der Waals surface area contributed by atoms with Gasteiger partial charge in [-0.05, 0) is 23.7 Å². The van der Waals surface area contributed by atoms with Crippen molar-refractivity contribution in [3.05, 3.63) is 47.7 Å². The number of nitrogens with zero attached hydrogens (tertiary/aromatic N) is 1. The Labute approximate surface area is 73.3 Å². The molecule has 1 aromatic rings. The second-order valence-corrected chi connectivity index (χ2v) is 3.27. The van der Waals surface area contributed by atoms with Crippen LogP contribution in [0.5, 0.6) is 0 Å². The topological polar surface area (TPSA) is 3.24 Å². The predicted molar refractivity (Wildman–Crippen MR) is 50.8 cm³/mol. The van der Waals surface area contributed by atoms with Gasteiger partial charge >= 0.3 is 0 Å². The Morgan fingerprint density at radius 2 is 1.92 bits per heavy atom. The van der Waals surface area contributed by atoms with Gasteiger partial charge in [-0.2, -0.15) is 0 Å². The monoisotopic (exact) mass is 159 g/mol. The third-order valence-electron chi connectivity index (χ3n) is 2.24. The normalized spacial score (nSPS) is 15.6. The highest BCUT2D eigenvalue weighted by atomic mass is 15.1. The Kier molecular flexibility index (Phi) is 1.86. The minimum atomic E-state index is 1.03. The third kappa shape index (κ3) is 1.35. The molecule has 0 N–H and O–H groups in total. The van der Waals surface area contributed by atoms with E-state index in [1.54, 1.807) is 0 Å². The molecule has 1 heteroatoms. The molecule has 0 atom stereocenters. The average molecular weight is 159 g/mol. The molecule has 0 saturated carbocycles. The summed E-state index contributed by atoms with van der Waals surface area (Å²) in [5.41, 5.74) is 2.91. The van der Waals surface area contributed by atoms with Crippen molar-refractivity contribution in [2.75, 3.05) is 7.05 Å². The van der Waals surface area contributed by atoms with Crippen LogP contribution in [0.2, 0.25) is 0 Å². The Hall–Kier alpha value is -1.24. The van der Waals surface area contributed by atoms with E-state index in [1.807, 2.05) is 0 Å². The van der Waals surface area contributed by atoms with Gasteiger partial charge in [0.25, 0.3) is 0 Å². The highest BCUT2D eigenvalue weighted by Crippen LogP contribution is 2.15. The molecule has 0 saturated heterocycles. The van der Waals surface area contributed by atoms with E-state index in [0.29, 0.717) is 0 Å². The molecule has 1 nitrogen and oxygen atoms in total. The highest BCUT2D eigenvalue weighted by Gasteiger charge is 2.04. The van der Waals surface area contributed by atoms with Crippen LogP contribution in [0.25, 0.3) is 0 Å². The van der Waals surface area contributed by atoms with Crippen LogP contribution >= 0.6 is 0 Å². The lowest BCUT2D eigenvalue weighted by molar-refractivity contribution is 0.453. The molecule has 1 aromatic carbocycles. The molecule has 2 rings (SSSR count). The van der Waals surface area contributed by atoms with Crippen LogP contribution in [0.15, 0.2) is 36.5 Å². The minimum absolute atomic E-state index is 1.03. The zero-order valence-electron chi connectivity index (χ0n) is 7.33. The Morgan fingerprint density at radius 3 is 2.75 bits per heavy atom. The van der Waals surface area contributed by atoms with Gasteiger partial charge in [0.15, 0.2) is 0 Å². The first-order valence-electron chi connectivity index (χ1n) is 4.30. The maximum Gasteiger partial charge on any atom is 0.0423 e. The summed E-state index contributed by atoms with van der Waals surface area (Å²) in [6.45, 7) is 1.03. The van der Waals surface area contributed by atoms with Crippen LogP contribution < -0.4 is 0 Å². The maximum absolute atomic E-state index is 2.21. The van der Waals surface area contributed by atoms with Gasteiger partial charge in [0.05, 0.1) is 0 Å². The van der Waals surface area contributed by atoms with Gasteiger partial charge in [0.1, 0.15) is 0 Å². The third-order valence-corrected chi connectivity index (χ3v) is 2.24. The number of allylic oxidation sites excluding steroid dienone is 1. The fourth-order valence-corrected chi connectivity index (χ4v) is 1.59. The number of hydrogen-bond acceptors (Lipinski definition) is 1. The summed E-state index contributed by atoms with van der Waals surface area (Å²) in [6.07, 6.45) is 5.44. The van der Waals surface area contributed by atoms with Crippen molar-refractivity contribution < 1.29 is 0 Å². The second kappa shape index (κ2) is 3.02. The van der Waals surface area contributed by atoms with Gasteiger partial charge in [-0.25, -0.2) is 0 Å². The van der Waals surface area contributed by atoms with Crippen molar-refractivity contribution in [2.45, 2.75) is 13.0 Å². The van der Waals surface area contributed by atoms with Crippen molar-refractivity contribution in [1.29, 1.82) is 0 Å². The van der Waals surface area contributed by atoms with Crippen molar-refractivity contribution in [2.24, 2.45) is 0 Å². The lowest BCUT2D eigenvalue weighted by atomic mass is 10.1.